The fraction of sp³-hybridized carbons (Fsp3) is 0.229. The molecule has 6 heteroatoms. The Morgan fingerprint density at radius 2 is 1.88 bits per heavy atom. The molecule has 0 saturated carbocycles. The van der Waals surface area contributed by atoms with Gasteiger partial charge < -0.3 is 14.8 Å². The van der Waals surface area contributed by atoms with Crippen LogP contribution in [0.2, 0.25) is 0 Å². The topological polar surface area (TPSA) is 42.8 Å². The standard InChI is InChI=1S/C35H32BrFN2O2/c1-3-40-33-19-24(18-31(36)35(33)41-21-23-6-4-7-26(37)17-23)20-38-27-13-11-25(12-14-27)34-29-9-5-8-28(29)30-16-22(2)10-15-32(30)39-34/h4-8,10-20,28-29,34,39H,3,9,21H2,1-2H3/t28-,29+,34+/m1/s1. The van der Waals surface area contributed by atoms with Gasteiger partial charge in [0.05, 0.1) is 22.8 Å². The highest BCUT2D eigenvalue weighted by Gasteiger charge is 2.37. The highest BCUT2D eigenvalue weighted by atomic mass is 79.9. The quantitative estimate of drug-likeness (QED) is 0.159. The summed E-state index contributed by atoms with van der Waals surface area (Å²) in [6.45, 7) is 4.81. The maximum atomic E-state index is 13.6. The molecule has 41 heavy (non-hydrogen) atoms. The fourth-order valence-corrected chi connectivity index (χ4v) is 6.38. The number of hydrogen-bond donors (Lipinski definition) is 1. The van der Waals surface area contributed by atoms with E-state index in [1.807, 2.05) is 31.3 Å². The Labute approximate surface area is 249 Å². The van der Waals surface area contributed by atoms with Gasteiger partial charge in [-0.1, -0.05) is 54.1 Å². The summed E-state index contributed by atoms with van der Waals surface area (Å²) in [6, 6.07) is 25.7. The van der Waals surface area contributed by atoms with Gasteiger partial charge >= 0.3 is 0 Å². The van der Waals surface area contributed by atoms with Crippen LogP contribution in [0.25, 0.3) is 0 Å². The predicted molar refractivity (Wildman–Crippen MR) is 167 cm³/mol. The van der Waals surface area contributed by atoms with E-state index in [0.717, 1.165) is 27.7 Å². The first-order valence-electron chi connectivity index (χ1n) is 14.0. The van der Waals surface area contributed by atoms with Gasteiger partial charge in [0.25, 0.3) is 0 Å². The second-order valence-corrected chi connectivity index (χ2v) is 11.5. The van der Waals surface area contributed by atoms with Crippen LogP contribution < -0.4 is 14.8 Å². The molecule has 1 aliphatic carbocycles. The summed E-state index contributed by atoms with van der Waals surface area (Å²) in [5, 5.41) is 3.81. The maximum absolute atomic E-state index is 13.6. The Morgan fingerprint density at radius 1 is 1.02 bits per heavy atom. The first-order valence-corrected chi connectivity index (χ1v) is 14.8. The molecule has 4 aromatic carbocycles. The molecule has 0 saturated heterocycles. The Kier molecular flexibility index (Phi) is 7.93. The lowest BCUT2D eigenvalue weighted by Gasteiger charge is -2.37. The Balaban J connectivity index is 1.18. The average molecular weight is 612 g/mol. The average Bonchev–Trinajstić information content (AvgIpc) is 3.46. The van der Waals surface area contributed by atoms with Crippen LogP contribution in [0.15, 0.2) is 100 Å². The third kappa shape index (κ3) is 5.94. The van der Waals surface area contributed by atoms with E-state index in [4.69, 9.17) is 14.5 Å². The molecule has 0 bridgehead atoms. The number of benzene rings is 4. The number of rotatable bonds is 8. The largest absolute Gasteiger partial charge is 0.490 e. The Morgan fingerprint density at radius 3 is 2.68 bits per heavy atom. The van der Waals surface area contributed by atoms with E-state index >= 15 is 0 Å². The summed E-state index contributed by atoms with van der Waals surface area (Å²) in [5.74, 6) is 1.86. The van der Waals surface area contributed by atoms with Gasteiger partial charge in [-0.05, 0) is 107 Å². The van der Waals surface area contributed by atoms with Gasteiger partial charge in [-0.3, -0.25) is 4.99 Å². The van der Waals surface area contributed by atoms with Crippen molar-refractivity contribution in [2.24, 2.45) is 10.9 Å². The monoisotopic (exact) mass is 610 g/mol. The summed E-state index contributed by atoms with van der Waals surface area (Å²) in [6.07, 6.45) is 7.61. The fourth-order valence-electron chi connectivity index (χ4n) is 5.81. The van der Waals surface area contributed by atoms with Crippen molar-refractivity contribution >= 4 is 33.5 Å². The van der Waals surface area contributed by atoms with E-state index in [2.05, 4.69) is 82.8 Å². The van der Waals surface area contributed by atoms with Crippen LogP contribution in [0.5, 0.6) is 11.5 Å². The number of halogens is 2. The molecule has 0 spiro atoms. The van der Waals surface area contributed by atoms with Gasteiger partial charge in [0, 0.05) is 17.8 Å². The number of ether oxygens (including phenoxy) is 2. The van der Waals surface area contributed by atoms with Crippen molar-refractivity contribution in [2.75, 3.05) is 11.9 Å². The number of fused-ring (bicyclic) bond motifs is 3. The van der Waals surface area contributed by atoms with Crippen molar-refractivity contribution < 1.29 is 13.9 Å². The van der Waals surface area contributed by atoms with Crippen molar-refractivity contribution in [3.63, 3.8) is 0 Å². The predicted octanol–water partition coefficient (Wildman–Crippen LogP) is 9.45. The Hall–Kier alpha value is -3.90. The number of anilines is 1. The van der Waals surface area contributed by atoms with Crippen LogP contribution in [-0.4, -0.2) is 12.8 Å². The van der Waals surface area contributed by atoms with Crippen molar-refractivity contribution in [3.8, 4) is 11.5 Å². The molecule has 0 radical (unpaired) electrons. The third-order valence-electron chi connectivity index (χ3n) is 7.74. The second-order valence-electron chi connectivity index (χ2n) is 10.6. The maximum Gasteiger partial charge on any atom is 0.175 e. The number of aliphatic imine (C=N–C) groups is 1. The normalized spacial score (nSPS) is 19.1. The lowest BCUT2D eigenvalue weighted by Crippen LogP contribution is -2.29. The molecule has 3 atom stereocenters. The minimum Gasteiger partial charge on any atom is -0.490 e. The molecule has 0 fully saturated rings. The number of nitrogens with zero attached hydrogens (tertiary/aromatic N) is 1. The molecule has 4 aromatic rings. The van der Waals surface area contributed by atoms with E-state index < -0.39 is 0 Å². The molecule has 208 valence electrons. The molecular formula is C35H32BrFN2O2. The van der Waals surface area contributed by atoms with Gasteiger partial charge in [0.1, 0.15) is 12.4 Å². The number of allylic oxidation sites excluding steroid dienone is 2. The second kappa shape index (κ2) is 11.9. The Bertz CT molecular complexity index is 1620. The van der Waals surface area contributed by atoms with Crippen LogP contribution >= 0.6 is 15.9 Å². The van der Waals surface area contributed by atoms with Gasteiger partial charge in [-0.25, -0.2) is 4.39 Å². The van der Waals surface area contributed by atoms with Crippen LogP contribution in [0, 0.1) is 18.7 Å². The highest BCUT2D eigenvalue weighted by molar-refractivity contribution is 9.10. The van der Waals surface area contributed by atoms with Crippen LogP contribution in [0.1, 0.15) is 53.1 Å². The SMILES string of the molecule is CCOc1cc(C=Nc2ccc([C@@H]3Nc4ccc(C)cc4[C@@H]4C=CC[C@@H]43)cc2)cc(Br)c1OCc1cccc(F)c1. The molecule has 0 aromatic heterocycles. The van der Waals surface area contributed by atoms with Crippen molar-refractivity contribution in [2.45, 2.75) is 38.8 Å². The summed E-state index contributed by atoms with van der Waals surface area (Å²) in [4.78, 5) is 4.73. The van der Waals surface area contributed by atoms with E-state index in [1.165, 1.54) is 34.5 Å². The summed E-state index contributed by atoms with van der Waals surface area (Å²) in [5.41, 5.74) is 7.71. The minimum atomic E-state index is -0.287. The molecule has 1 N–H and O–H groups in total. The summed E-state index contributed by atoms with van der Waals surface area (Å²) >= 11 is 3.62. The van der Waals surface area contributed by atoms with Crippen LogP contribution in [0.3, 0.4) is 0 Å². The van der Waals surface area contributed by atoms with E-state index in [0.29, 0.717) is 29.9 Å². The number of hydrogen-bond acceptors (Lipinski definition) is 4. The summed E-state index contributed by atoms with van der Waals surface area (Å²) in [7, 11) is 0. The van der Waals surface area contributed by atoms with Crippen LogP contribution in [0.4, 0.5) is 15.8 Å². The van der Waals surface area contributed by atoms with Crippen molar-refractivity contribution in [1.82, 2.24) is 0 Å². The first kappa shape index (κ1) is 27.3. The number of nitrogens with one attached hydrogen (secondary N) is 1. The summed E-state index contributed by atoms with van der Waals surface area (Å²) < 4.78 is 26.2. The molecular weight excluding hydrogens is 579 g/mol. The minimum absolute atomic E-state index is 0.231. The zero-order valence-electron chi connectivity index (χ0n) is 23.1. The van der Waals surface area contributed by atoms with Gasteiger partial charge in [0.2, 0.25) is 0 Å². The van der Waals surface area contributed by atoms with Gasteiger partial charge in [0.15, 0.2) is 11.5 Å². The molecule has 1 heterocycles. The molecule has 6 rings (SSSR count). The molecule has 0 amide bonds. The molecule has 1 aliphatic heterocycles. The van der Waals surface area contributed by atoms with Gasteiger partial charge in [-0.15, -0.1) is 0 Å². The van der Waals surface area contributed by atoms with E-state index in [1.54, 1.807) is 6.07 Å². The molecule has 4 nitrogen and oxygen atoms in total. The highest BCUT2D eigenvalue weighted by Crippen LogP contribution is 2.50. The molecule has 2 aliphatic rings. The lowest BCUT2D eigenvalue weighted by atomic mass is 9.76. The zero-order valence-corrected chi connectivity index (χ0v) is 24.7. The number of aryl methyl sites for hydroxylation is 1. The van der Waals surface area contributed by atoms with Crippen LogP contribution in [-0.2, 0) is 6.61 Å². The van der Waals surface area contributed by atoms with Crippen molar-refractivity contribution in [3.05, 3.63) is 129 Å². The molecule has 0 unspecified atom stereocenters. The van der Waals surface area contributed by atoms with E-state index in [9.17, 15) is 4.39 Å². The van der Waals surface area contributed by atoms with Gasteiger partial charge in [-0.2, -0.15) is 0 Å². The first-order chi connectivity index (χ1) is 20.0. The third-order valence-corrected chi connectivity index (χ3v) is 8.33. The smallest absolute Gasteiger partial charge is 0.175 e. The zero-order chi connectivity index (χ0) is 28.3. The lowest BCUT2D eigenvalue weighted by molar-refractivity contribution is 0.267. The van der Waals surface area contributed by atoms with Crippen molar-refractivity contribution in [1.29, 1.82) is 0 Å². The van der Waals surface area contributed by atoms with E-state index in [-0.39, 0.29) is 18.5 Å².